The summed E-state index contributed by atoms with van der Waals surface area (Å²) in [6.07, 6.45) is 0. The summed E-state index contributed by atoms with van der Waals surface area (Å²) in [7, 11) is -2.48. The van der Waals surface area contributed by atoms with E-state index in [0.717, 1.165) is 0 Å². The van der Waals surface area contributed by atoms with Crippen LogP contribution in [0.2, 0.25) is 5.02 Å². The molecule has 2 aromatic rings. The van der Waals surface area contributed by atoms with E-state index in [2.05, 4.69) is 10.0 Å². The molecule has 0 radical (unpaired) electrons. The van der Waals surface area contributed by atoms with Gasteiger partial charge in [0, 0.05) is 5.69 Å². The molecule has 2 rings (SSSR count). The summed E-state index contributed by atoms with van der Waals surface area (Å²) in [5.74, 6) is -0.591. The molecule has 0 heterocycles. The SMILES string of the molecule is CNS(=O)(=O)c1cc(N)ccc1Nc1c(F)cccc1Cl. The van der Waals surface area contributed by atoms with Gasteiger partial charge >= 0.3 is 0 Å². The van der Waals surface area contributed by atoms with Gasteiger partial charge in [0.05, 0.1) is 16.4 Å². The quantitative estimate of drug-likeness (QED) is 0.753. The Morgan fingerprint density at radius 1 is 1.24 bits per heavy atom. The Morgan fingerprint density at radius 3 is 2.57 bits per heavy atom. The molecule has 21 heavy (non-hydrogen) atoms. The number of rotatable bonds is 4. The van der Waals surface area contributed by atoms with E-state index in [4.69, 9.17) is 17.3 Å². The van der Waals surface area contributed by atoms with Gasteiger partial charge in [0.2, 0.25) is 10.0 Å². The summed E-state index contributed by atoms with van der Waals surface area (Å²) in [6.45, 7) is 0. The zero-order valence-electron chi connectivity index (χ0n) is 11.0. The molecule has 0 saturated carbocycles. The molecule has 0 fully saturated rings. The van der Waals surface area contributed by atoms with Gasteiger partial charge in [-0.05, 0) is 37.4 Å². The number of halogens is 2. The number of anilines is 3. The van der Waals surface area contributed by atoms with Crippen molar-refractivity contribution in [2.45, 2.75) is 4.90 Å². The van der Waals surface area contributed by atoms with Crippen LogP contribution in [0.15, 0.2) is 41.3 Å². The maximum Gasteiger partial charge on any atom is 0.242 e. The Labute approximate surface area is 127 Å². The topological polar surface area (TPSA) is 84.2 Å². The van der Waals surface area contributed by atoms with Crippen LogP contribution in [0.1, 0.15) is 0 Å². The normalized spacial score (nSPS) is 11.4. The van der Waals surface area contributed by atoms with Gasteiger partial charge < -0.3 is 11.1 Å². The van der Waals surface area contributed by atoms with Crippen LogP contribution in [0.25, 0.3) is 0 Å². The fraction of sp³-hybridized carbons (Fsp3) is 0.0769. The van der Waals surface area contributed by atoms with E-state index in [-0.39, 0.29) is 27.0 Å². The van der Waals surface area contributed by atoms with Crippen LogP contribution in [0.3, 0.4) is 0 Å². The Hall–Kier alpha value is -1.83. The minimum absolute atomic E-state index is 0.00325. The minimum atomic E-state index is -3.76. The summed E-state index contributed by atoms with van der Waals surface area (Å²) >= 11 is 5.92. The average Bonchev–Trinajstić information content (AvgIpc) is 2.44. The molecule has 0 aromatic heterocycles. The maximum atomic E-state index is 13.8. The number of nitrogens with two attached hydrogens (primary N) is 1. The van der Waals surface area contributed by atoms with Crippen LogP contribution >= 0.6 is 11.6 Å². The van der Waals surface area contributed by atoms with Gasteiger partial charge in [-0.1, -0.05) is 17.7 Å². The van der Waals surface area contributed by atoms with E-state index in [1.807, 2.05) is 0 Å². The Bertz CT molecular complexity index is 761. The number of hydrogen-bond donors (Lipinski definition) is 3. The zero-order valence-corrected chi connectivity index (χ0v) is 12.6. The van der Waals surface area contributed by atoms with Crippen LogP contribution in [0.5, 0.6) is 0 Å². The van der Waals surface area contributed by atoms with E-state index in [0.29, 0.717) is 0 Å². The van der Waals surface area contributed by atoms with Gasteiger partial charge in [-0.2, -0.15) is 0 Å². The number of benzene rings is 2. The lowest BCUT2D eigenvalue weighted by atomic mass is 10.2. The first-order valence-corrected chi connectivity index (χ1v) is 7.75. The second kappa shape index (κ2) is 5.88. The highest BCUT2D eigenvalue weighted by atomic mass is 35.5. The summed E-state index contributed by atoms with van der Waals surface area (Å²) in [6, 6.07) is 8.41. The first-order valence-electron chi connectivity index (χ1n) is 5.89. The van der Waals surface area contributed by atoms with E-state index >= 15 is 0 Å². The molecule has 0 aliphatic carbocycles. The van der Waals surface area contributed by atoms with Crippen LogP contribution in [0.4, 0.5) is 21.5 Å². The van der Waals surface area contributed by atoms with Crippen molar-refractivity contribution < 1.29 is 12.8 Å². The van der Waals surface area contributed by atoms with Crippen molar-refractivity contribution >= 4 is 38.7 Å². The molecule has 0 saturated heterocycles. The smallest absolute Gasteiger partial charge is 0.242 e. The van der Waals surface area contributed by atoms with Crippen molar-refractivity contribution in [3.8, 4) is 0 Å². The molecule has 0 unspecified atom stereocenters. The molecular weight excluding hydrogens is 317 g/mol. The van der Waals surface area contributed by atoms with Gasteiger partial charge in [0.15, 0.2) is 0 Å². The van der Waals surface area contributed by atoms with Crippen molar-refractivity contribution in [3.05, 3.63) is 47.2 Å². The fourth-order valence-corrected chi connectivity index (χ4v) is 2.86. The predicted molar refractivity (Wildman–Crippen MR) is 81.8 cm³/mol. The van der Waals surface area contributed by atoms with E-state index in [9.17, 15) is 12.8 Å². The lowest BCUT2D eigenvalue weighted by Crippen LogP contribution is -2.20. The third kappa shape index (κ3) is 3.26. The fourth-order valence-electron chi connectivity index (χ4n) is 1.73. The average molecular weight is 330 g/mol. The van der Waals surface area contributed by atoms with Crippen LogP contribution in [0, 0.1) is 5.82 Å². The van der Waals surface area contributed by atoms with Crippen molar-refractivity contribution in [1.82, 2.24) is 4.72 Å². The molecule has 112 valence electrons. The predicted octanol–water partition coefficient (Wildman–Crippen LogP) is 2.71. The maximum absolute atomic E-state index is 13.8. The minimum Gasteiger partial charge on any atom is -0.399 e. The number of hydrogen-bond acceptors (Lipinski definition) is 4. The van der Waals surface area contributed by atoms with Crippen LogP contribution in [-0.4, -0.2) is 15.5 Å². The number of nitrogen functional groups attached to an aromatic ring is 1. The van der Waals surface area contributed by atoms with E-state index in [1.54, 1.807) is 0 Å². The highest BCUT2D eigenvalue weighted by Gasteiger charge is 2.18. The van der Waals surface area contributed by atoms with Gasteiger partial charge in [-0.25, -0.2) is 17.5 Å². The van der Waals surface area contributed by atoms with Crippen molar-refractivity contribution in [2.24, 2.45) is 0 Å². The summed E-state index contributed by atoms with van der Waals surface area (Å²) in [4.78, 5) is -0.0932. The number of nitrogens with one attached hydrogen (secondary N) is 2. The summed E-state index contributed by atoms with van der Waals surface area (Å²) < 4.78 is 40.0. The molecular formula is C13H13ClFN3O2S. The summed E-state index contributed by atoms with van der Waals surface area (Å²) in [5.41, 5.74) is 6.05. The van der Waals surface area contributed by atoms with Gasteiger partial charge in [0.1, 0.15) is 10.7 Å². The Balaban J connectivity index is 2.56. The third-order valence-electron chi connectivity index (χ3n) is 2.79. The molecule has 0 bridgehead atoms. The second-order valence-electron chi connectivity index (χ2n) is 4.18. The molecule has 0 aliphatic heterocycles. The van der Waals surface area contributed by atoms with Gasteiger partial charge in [-0.3, -0.25) is 0 Å². The molecule has 4 N–H and O–H groups in total. The number of sulfonamides is 1. The standard InChI is InChI=1S/C13H13ClFN3O2S/c1-17-21(19,20)12-7-8(16)5-6-11(12)18-13-9(14)3-2-4-10(13)15/h2-7,17-18H,16H2,1H3. The Morgan fingerprint density at radius 2 is 1.95 bits per heavy atom. The van der Waals surface area contributed by atoms with Crippen molar-refractivity contribution in [2.75, 3.05) is 18.1 Å². The van der Waals surface area contributed by atoms with Crippen molar-refractivity contribution in [1.29, 1.82) is 0 Å². The molecule has 8 heteroatoms. The van der Waals surface area contributed by atoms with Gasteiger partial charge in [0.25, 0.3) is 0 Å². The highest BCUT2D eigenvalue weighted by Crippen LogP contribution is 2.32. The Kier molecular flexibility index (Phi) is 4.36. The zero-order chi connectivity index (χ0) is 15.6. The first kappa shape index (κ1) is 15.6. The van der Waals surface area contributed by atoms with E-state index in [1.165, 1.54) is 43.4 Å². The molecule has 5 nitrogen and oxygen atoms in total. The highest BCUT2D eigenvalue weighted by molar-refractivity contribution is 7.89. The van der Waals surface area contributed by atoms with Gasteiger partial charge in [-0.15, -0.1) is 0 Å². The number of para-hydroxylation sites is 1. The first-order chi connectivity index (χ1) is 9.85. The molecule has 2 aromatic carbocycles. The lowest BCUT2D eigenvalue weighted by molar-refractivity contribution is 0.588. The van der Waals surface area contributed by atoms with Crippen LogP contribution < -0.4 is 15.8 Å². The summed E-state index contributed by atoms with van der Waals surface area (Å²) in [5, 5.41) is 2.83. The largest absolute Gasteiger partial charge is 0.399 e. The monoisotopic (exact) mass is 329 g/mol. The lowest BCUT2D eigenvalue weighted by Gasteiger charge is -2.14. The van der Waals surface area contributed by atoms with Crippen molar-refractivity contribution in [3.63, 3.8) is 0 Å². The van der Waals surface area contributed by atoms with Crippen LogP contribution in [-0.2, 0) is 10.0 Å². The molecule has 0 amide bonds. The van der Waals surface area contributed by atoms with E-state index < -0.39 is 15.8 Å². The third-order valence-corrected chi connectivity index (χ3v) is 4.56. The molecule has 0 atom stereocenters. The molecule has 0 aliphatic rings. The molecule has 0 spiro atoms. The second-order valence-corrected chi connectivity index (χ2v) is 6.45.